The van der Waals surface area contributed by atoms with Crippen LogP contribution < -0.4 is 5.32 Å². The van der Waals surface area contributed by atoms with E-state index in [1.54, 1.807) is 27.9 Å². The smallest absolute Gasteiger partial charge is 0.156 e. The molecule has 0 amide bonds. The fourth-order valence-electron chi connectivity index (χ4n) is 1.13. The van der Waals surface area contributed by atoms with Gasteiger partial charge in [-0.1, -0.05) is 0 Å². The summed E-state index contributed by atoms with van der Waals surface area (Å²) in [6.45, 7) is 7.36. The van der Waals surface area contributed by atoms with Crippen molar-refractivity contribution in [1.29, 1.82) is 0 Å². The van der Waals surface area contributed by atoms with Gasteiger partial charge in [-0.15, -0.1) is 0 Å². The molecule has 0 heterocycles. The van der Waals surface area contributed by atoms with E-state index in [1.165, 1.54) is 0 Å². The van der Waals surface area contributed by atoms with Crippen LogP contribution in [0, 0.1) is 0 Å². The van der Waals surface area contributed by atoms with Gasteiger partial charge in [-0.3, -0.25) is 0 Å². The molecule has 0 rings (SSSR count). The molecule has 0 aromatic heterocycles. The van der Waals surface area contributed by atoms with Gasteiger partial charge >= 0.3 is 0 Å². The standard InChI is InChI=1S/C11H25NO3S/c1-11(2,3)16(13,14)10-8-12-7-5-6-9-15-4/h12H,5-10H2,1-4H3. The summed E-state index contributed by atoms with van der Waals surface area (Å²) in [4.78, 5) is 0. The minimum Gasteiger partial charge on any atom is -0.385 e. The van der Waals surface area contributed by atoms with Gasteiger partial charge in [0.2, 0.25) is 0 Å². The van der Waals surface area contributed by atoms with Crippen LogP contribution in [0.2, 0.25) is 0 Å². The van der Waals surface area contributed by atoms with Crippen LogP contribution in [0.15, 0.2) is 0 Å². The molecule has 0 saturated heterocycles. The number of nitrogens with one attached hydrogen (secondary N) is 1. The molecule has 0 aliphatic heterocycles. The first-order valence-electron chi connectivity index (χ1n) is 5.73. The lowest BCUT2D eigenvalue weighted by Crippen LogP contribution is -2.34. The molecule has 0 radical (unpaired) electrons. The number of unbranched alkanes of at least 4 members (excludes halogenated alkanes) is 1. The molecular weight excluding hydrogens is 226 g/mol. The van der Waals surface area contributed by atoms with Crippen LogP contribution in [0.4, 0.5) is 0 Å². The van der Waals surface area contributed by atoms with Crippen LogP contribution >= 0.6 is 0 Å². The highest BCUT2D eigenvalue weighted by molar-refractivity contribution is 7.92. The maximum absolute atomic E-state index is 11.7. The molecule has 0 saturated carbocycles. The molecular formula is C11H25NO3S. The zero-order chi connectivity index (χ0) is 12.7. The zero-order valence-electron chi connectivity index (χ0n) is 10.9. The topological polar surface area (TPSA) is 55.4 Å². The van der Waals surface area contributed by atoms with Gasteiger partial charge < -0.3 is 10.1 Å². The summed E-state index contributed by atoms with van der Waals surface area (Å²) in [7, 11) is -1.30. The SMILES string of the molecule is COCCCCNCCS(=O)(=O)C(C)(C)C. The van der Waals surface area contributed by atoms with Gasteiger partial charge in [-0.25, -0.2) is 8.42 Å². The second kappa shape index (κ2) is 7.25. The summed E-state index contributed by atoms with van der Waals surface area (Å²) in [5, 5.41) is 3.14. The summed E-state index contributed by atoms with van der Waals surface area (Å²) in [5.41, 5.74) is 0. The Balaban J connectivity index is 3.60. The minimum atomic E-state index is -2.98. The van der Waals surface area contributed by atoms with Crippen molar-refractivity contribution in [3.8, 4) is 0 Å². The van der Waals surface area contributed by atoms with E-state index >= 15 is 0 Å². The average Bonchev–Trinajstić information content (AvgIpc) is 2.14. The van der Waals surface area contributed by atoms with Gasteiger partial charge in [0.1, 0.15) is 0 Å². The Bertz CT molecular complexity index is 267. The molecule has 5 heteroatoms. The lowest BCUT2D eigenvalue weighted by molar-refractivity contribution is 0.192. The zero-order valence-corrected chi connectivity index (χ0v) is 11.7. The molecule has 0 aliphatic carbocycles. The number of hydrogen-bond acceptors (Lipinski definition) is 4. The second-order valence-electron chi connectivity index (χ2n) is 4.88. The van der Waals surface area contributed by atoms with Gasteiger partial charge in [0.25, 0.3) is 0 Å². The van der Waals surface area contributed by atoms with Crippen molar-refractivity contribution in [1.82, 2.24) is 5.32 Å². The third-order valence-electron chi connectivity index (χ3n) is 2.43. The molecule has 0 aromatic rings. The molecule has 0 unspecified atom stereocenters. The summed E-state index contributed by atoms with van der Waals surface area (Å²) < 4.78 is 27.7. The first kappa shape index (κ1) is 15.9. The molecule has 0 spiro atoms. The summed E-state index contributed by atoms with van der Waals surface area (Å²) in [6.07, 6.45) is 2.03. The lowest BCUT2D eigenvalue weighted by Gasteiger charge is -2.19. The van der Waals surface area contributed by atoms with Gasteiger partial charge in [0, 0.05) is 20.3 Å². The van der Waals surface area contributed by atoms with Crippen LogP contribution in [0.1, 0.15) is 33.6 Å². The second-order valence-corrected chi connectivity index (χ2v) is 7.74. The van der Waals surface area contributed by atoms with Crippen molar-refractivity contribution in [2.24, 2.45) is 0 Å². The van der Waals surface area contributed by atoms with E-state index in [4.69, 9.17) is 4.74 Å². The normalized spacial score (nSPS) is 13.0. The molecule has 0 aliphatic rings. The highest BCUT2D eigenvalue weighted by atomic mass is 32.2. The Hall–Kier alpha value is -0.130. The lowest BCUT2D eigenvalue weighted by atomic mass is 10.3. The average molecular weight is 251 g/mol. The quantitative estimate of drug-likeness (QED) is 0.659. The van der Waals surface area contributed by atoms with Crippen LogP contribution in [0.3, 0.4) is 0 Å². The van der Waals surface area contributed by atoms with E-state index in [-0.39, 0.29) is 5.75 Å². The molecule has 0 atom stereocenters. The fourth-order valence-corrected chi connectivity index (χ4v) is 2.16. The monoisotopic (exact) mass is 251 g/mol. The van der Waals surface area contributed by atoms with Crippen LogP contribution in [-0.2, 0) is 14.6 Å². The Kier molecular flexibility index (Phi) is 7.19. The molecule has 4 nitrogen and oxygen atoms in total. The van der Waals surface area contributed by atoms with Crippen LogP contribution in [0.5, 0.6) is 0 Å². The predicted octanol–water partition coefficient (Wildman–Crippen LogP) is 1.22. The largest absolute Gasteiger partial charge is 0.385 e. The highest BCUT2D eigenvalue weighted by Crippen LogP contribution is 2.15. The third kappa shape index (κ3) is 6.45. The van der Waals surface area contributed by atoms with Crippen molar-refractivity contribution >= 4 is 9.84 Å². The van der Waals surface area contributed by atoms with E-state index in [0.717, 1.165) is 26.0 Å². The highest BCUT2D eigenvalue weighted by Gasteiger charge is 2.27. The summed E-state index contributed by atoms with van der Waals surface area (Å²) in [6, 6.07) is 0. The van der Waals surface area contributed by atoms with Gasteiger partial charge in [-0.2, -0.15) is 0 Å². The first-order valence-corrected chi connectivity index (χ1v) is 7.38. The van der Waals surface area contributed by atoms with E-state index in [0.29, 0.717) is 6.54 Å². The Morgan fingerprint density at radius 2 is 1.75 bits per heavy atom. The Labute approximate surface area is 99.7 Å². The van der Waals surface area contributed by atoms with Crippen molar-refractivity contribution in [2.75, 3.05) is 32.6 Å². The van der Waals surface area contributed by atoms with Crippen molar-refractivity contribution < 1.29 is 13.2 Å². The predicted molar refractivity (Wildman–Crippen MR) is 67.5 cm³/mol. The number of sulfone groups is 1. The molecule has 0 aromatic carbocycles. The molecule has 1 N–H and O–H groups in total. The maximum Gasteiger partial charge on any atom is 0.156 e. The third-order valence-corrected chi connectivity index (χ3v) is 5.04. The van der Waals surface area contributed by atoms with E-state index in [2.05, 4.69) is 5.32 Å². The fraction of sp³-hybridized carbons (Fsp3) is 1.00. The van der Waals surface area contributed by atoms with Crippen molar-refractivity contribution in [2.45, 2.75) is 38.4 Å². The summed E-state index contributed by atoms with van der Waals surface area (Å²) >= 11 is 0. The van der Waals surface area contributed by atoms with Gasteiger partial charge in [0.15, 0.2) is 9.84 Å². The number of methoxy groups -OCH3 is 1. The number of rotatable bonds is 8. The Morgan fingerprint density at radius 3 is 2.25 bits per heavy atom. The van der Waals surface area contributed by atoms with Gasteiger partial charge in [0.05, 0.1) is 10.5 Å². The van der Waals surface area contributed by atoms with Crippen LogP contribution in [0.25, 0.3) is 0 Å². The first-order chi connectivity index (χ1) is 7.31. The van der Waals surface area contributed by atoms with Gasteiger partial charge in [-0.05, 0) is 40.2 Å². The molecule has 98 valence electrons. The maximum atomic E-state index is 11.7. The summed E-state index contributed by atoms with van der Waals surface area (Å²) in [5.74, 6) is 0.209. The number of hydrogen-bond donors (Lipinski definition) is 1. The van der Waals surface area contributed by atoms with Crippen molar-refractivity contribution in [3.63, 3.8) is 0 Å². The van der Waals surface area contributed by atoms with E-state index < -0.39 is 14.6 Å². The minimum absolute atomic E-state index is 0.209. The molecule has 16 heavy (non-hydrogen) atoms. The number of ether oxygens (including phenoxy) is 1. The Morgan fingerprint density at radius 1 is 1.12 bits per heavy atom. The van der Waals surface area contributed by atoms with Crippen LogP contribution in [-0.4, -0.2) is 45.7 Å². The van der Waals surface area contributed by atoms with E-state index in [1.807, 2.05) is 0 Å². The molecule has 0 bridgehead atoms. The molecule has 0 fully saturated rings. The van der Waals surface area contributed by atoms with E-state index in [9.17, 15) is 8.42 Å². The van der Waals surface area contributed by atoms with Crippen molar-refractivity contribution in [3.05, 3.63) is 0 Å².